The van der Waals surface area contributed by atoms with Gasteiger partial charge in [-0.15, -0.1) is 0 Å². The number of aliphatic carboxylic acids is 1. The topological polar surface area (TPSA) is 78.9 Å². The van der Waals surface area contributed by atoms with Gasteiger partial charge in [0, 0.05) is 31.5 Å². The molecule has 0 bridgehead atoms. The molecule has 30 heavy (non-hydrogen) atoms. The predicted molar refractivity (Wildman–Crippen MR) is 102 cm³/mol. The number of alkyl halides is 3. The zero-order valence-electron chi connectivity index (χ0n) is 16.6. The second-order valence-electron chi connectivity index (χ2n) is 8.13. The van der Waals surface area contributed by atoms with Gasteiger partial charge in [-0.2, -0.15) is 13.2 Å². The molecule has 2 N–H and O–H groups in total. The summed E-state index contributed by atoms with van der Waals surface area (Å²) >= 11 is 0. The molecule has 4 rings (SSSR count). The minimum absolute atomic E-state index is 0.224. The summed E-state index contributed by atoms with van der Waals surface area (Å²) in [6.07, 6.45) is -1.54. The lowest BCUT2D eigenvalue weighted by Crippen LogP contribution is -2.43. The lowest BCUT2D eigenvalue weighted by atomic mass is 9.84. The average Bonchev–Trinajstić information content (AvgIpc) is 3.48. The van der Waals surface area contributed by atoms with E-state index in [-0.39, 0.29) is 12.0 Å². The van der Waals surface area contributed by atoms with Gasteiger partial charge < -0.3 is 15.2 Å². The Morgan fingerprint density at radius 3 is 2.43 bits per heavy atom. The molecule has 0 aromatic heterocycles. The van der Waals surface area contributed by atoms with Crippen molar-refractivity contribution in [3.8, 4) is 0 Å². The minimum Gasteiger partial charge on any atom is -0.475 e. The molecule has 166 valence electrons. The van der Waals surface area contributed by atoms with E-state index >= 15 is 0 Å². The van der Waals surface area contributed by atoms with Crippen molar-refractivity contribution < 1.29 is 32.6 Å². The van der Waals surface area contributed by atoms with E-state index < -0.39 is 12.1 Å². The SMILES string of the molecule is O=C(NC[C@H]1OC[C@H]2CN(Cc3ccccc3)CC[C@H]21)C1CC1.O=C(O)C(F)(F)F. The average molecular weight is 428 g/mol. The number of likely N-dealkylation sites (tertiary alicyclic amines) is 1. The fraction of sp³-hybridized carbons (Fsp3) is 0.619. The first-order chi connectivity index (χ1) is 14.2. The number of fused-ring (bicyclic) bond motifs is 1. The van der Waals surface area contributed by atoms with Gasteiger partial charge in [0.05, 0.1) is 12.7 Å². The van der Waals surface area contributed by atoms with Gasteiger partial charge in [0.2, 0.25) is 5.91 Å². The molecule has 0 radical (unpaired) electrons. The van der Waals surface area contributed by atoms with Crippen LogP contribution in [-0.2, 0) is 20.9 Å². The van der Waals surface area contributed by atoms with Crippen LogP contribution in [0.25, 0.3) is 0 Å². The molecule has 3 aliphatic rings. The zero-order valence-corrected chi connectivity index (χ0v) is 16.6. The highest BCUT2D eigenvalue weighted by atomic mass is 19.4. The third kappa shape index (κ3) is 6.43. The fourth-order valence-electron chi connectivity index (χ4n) is 4.05. The summed E-state index contributed by atoms with van der Waals surface area (Å²) in [5, 5.41) is 10.2. The van der Waals surface area contributed by atoms with Crippen molar-refractivity contribution in [2.45, 2.75) is 38.1 Å². The van der Waals surface area contributed by atoms with Gasteiger partial charge in [-0.25, -0.2) is 4.79 Å². The summed E-state index contributed by atoms with van der Waals surface area (Å²) in [5.41, 5.74) is 1.39. The van der Waals surface area contributed by atoms with Gasteiger partial charge in [-0.3, -0.25) is 9.69 Å². The first kappa shape index (κ1) is 22.6. The van der Waals surface area contributed by atoms with E-state index in [4.69, 9.17) is 14.6 Å². The molecule has 2 aliphatic heterocycles. The Labute approximate surface area is 173 Å². The van der Waals surface area contributed by atoms with E-state index in [0.29, 0.717) is 24.3 Å². The van der Waals surface area contributed by atoms with Crippen LogP contribution in [0, 0.1) is 17.8 Å². The van der Waals surface area contributed by atoms with Crippen LogP contribution in [0.5, 0.6) is 0 Å². The number of carbonyl (C=O) groups is 2. The van der Waals surface area contributed by atoms with Crippen molar-refractivity contribution in [3.63, 3.8) is 0 Å². The van der Waals surface area contributed by atoms with E-state index in [0.717, 1.165) is 39.1 Å². The van der Waals surface area contributed by atoms with Crippen LogP contribution in [0.3, 0.4) is 0 Å². The predicted octanol–water partition coefficient (Wildman–Crippen LogP) is 2.68. The molecular formula is C21H27F3N2O4. The van der Waals surface area contributed by atoms with E-state index in [1.54, 1.807) is 0 Å². The number of benzene rings is 1. The number of nitrogens with zero attached hydrogens (tertiary/aromatic N) is 1. The van der Waals surface area contributed by atoms with Gasteiger partial charge in [-0.1, -0.05) is 30.3 Å². The number of halogens is 3. The van der Waals surface area contributed by atoms with E-state index in [1.807, 2.05) is 0 Å². The molecule has 2 heterocycles. The first-order valence-electron chi connectivity index (χ1n) is 10.2. The number of carboxylic acid groups (broad SMARTS) is 1. The number of nitrogens with one attached hydrogen (secondary N) is 1. The Kier molecular flexibility index (Phi) is 7.36. The summed E-state index contributed by atoms with van der Waals surface area (Å²) in [6, 6.07) is 10.7. The Balaban J connectivity index is 0.000000318. The molecule has 1 aromatic rings. The highest BCUT2D eigenvalue weighted by molar-refractivity contribution is 5.80. The first-order valence-corrected chi connectivity index (χ1v) is 10.2. The summed E-state index contributed by atoms with van der Waals surface area (Å²) in [6.45, 7) is 4.83. The minimum atomic E-state index is -5.08. The maximum Gasteiger partial charge on any atom is 0.490 e. The largest absolute Gasteiger partial charge is 0.490 e. The monoisotopic (exact) mass is 428 g/mol. The maximum absolute atomic E-state index is 11.8. The molecule has 6 nitrogen and oxygen atoms in total. The highest BCUT2D eigenvalue weighted by Gasteiger charge is 2.41. The van der Waals surface area contributed by atoms with Crippen LogP contribution in [0.2, 0.25) is 0 Å². The van der Waals surface area contributed by atoms with Crippen molar-refractivity contribution >= 4 is 11.9 Å². The molecule has 3 atom stereocenters. The number of ether oxygens (including phenoxy) is 1. The van der Waals surface area contributed by atoms with Crippen molar-refractivity contribution in [3.05, 3.63) is 35.9 Å². The second kappa shape index (κ2) is 9.78. The highest BCUT2D eigenvalue weighted by Crippen LogP contribution is 2.35. The molecule has 2 saturated heterocycles. The lowest BCUT2D eigenvalue weighted by Gasteiger charge is -2.35. The van der Waals surface area contributed by atoms with Crippen LogP contribution in [-0.4, -0.2) is 60.4 Å². The Hall–Kier alpha value is -2.13. The van der Waals surface area contributed by atoms with E-state index in [1.165, 1.54) is 12.0 Å². The number of piperidine rings is 1. The second-order valence-corrected chi connectivity index (χ2v) is 8.13. The molecule has 1 saturated carbocycles. The maximum atomic E-state index is 11.8. The third-order valence-electron chi connectivity index (χ3n) is 5.80. The number of rotatable bonds is 5. The Bertz CT molecular complexity index is 725. The molecular weight excluding hydrogens is 401 g/mol. The summed E-state index contributed by atoms with van der Waals surface area (Å²) in [5.74, 6) is -0.997. The van der Waals surface area contributed by atoms with E-state index in [9.17, 15) is 18.0 Å². The standard InChI is InChI=1S/C19H26N2O2.C2HF3O2/c22-19(15-6-7-15)20-10-18-17-8-9-21(12-16(17)13-23-18)11-14-4-2-1-3-5-14;3-2(4,5)1(6)7/h1-5,15-18H,6-13H2,(H,20,22);(H,6,7)/t16-,17-,18-;/m1./s1. The summed E-state index contributed by atoms with van der Waals surface area (Å²) in [7, 11) is 0. The van der Waals surface area contributed by atoms with Gasteiger partial charge >= 0.3 is 12.1 Å². The fourth-order valence-corrected chi connectivity index (χ4v) is 4.05. The van der Waals surface area contributed by atoms with Crippen molar-refractivity contribution in [2.75, 3.05) is 26.2 Å². The molecule has 9 heteroatoms. The van der Waals surface area contributed by atoms with Crippen LogP contribution in [0.1, 0.15) is 24.8 Å². The molecule has 1 amide bonds. The summed E-state index contributed by atoms with van der Waals surface area (Å²) in [4.78, 5) is 23.2. The van der Waals surface area contributed by atoms with E-state index in [2.05, 4.69) is 40.5 Å². The van der Waals surface area contributed by atoms with Crippen LogP contribution in [0.15, 0.2) is 30.3 Å². The third-order valence-corrected chi connectivity index (χ3v) is 5.80. The molecule has 1 aliphatic carbocycles. The molecule has 0 spiro atoms. The number of amides is 1. The zero-order chi connectivity index (χ0) is 21.7. The van der Waals surface area contributed by atoms with Crippen molar-refractivity contribution in [2.24, 2.45) is 17.8 Å². The quantitative estimate of drug-likeness (QED) is 0.754. The van der Waals surface area contributed by atoms with Crippen LogP contribution in [0.4, 0.5) is 13.2 Å². The number of carbonyl (C=O) groups excluding carboxylic acids is 1. The van der Waals surface area contributed by atoms with Crippen LogP contribution >= 0.6 is 0 Å². The lowest BCUT2D eigenvalue weighted by molar-refractivity contribution is -0.192. The normalized spacial score (nSPS) is 26.3. The molecule has 1 aromatic carbocycles. The Morgan fingerprint density at radius 2 is 1.83 bits per heavy atom. The number of hydrogen-bond acceptors (Lipinski definition) is 4. The van der Waals surface area contributed by atoms with Crippen molar-refractivity contribution in [1.82, 2.24) is 10.2 Å². The van der Waals surface area contributed by atoms with Crippen LogP contribution < -0.4 is 5.32 Å². The summed E-state index contributed by atoms with van der Waals surface area (Å²) < 4.78 is 37.7. The van der Waals surface area contributed by atoms with Gasteiger partial charge in [-0.05, 0) is 37.3 Å². The van der Waals surface area contributed by atoms with Gasteiger partial charge in [0.25, 0.3) is 0 Å². The smallest absolute Gasteiger partial charge is 0.475 e. The van der Waals surface area contributed by atoms with Gasteiger partial charge in [0.15, 0.2) is 0 Å². The van der Waals surface area contributed by atoms with Crippen molar-refractivity contribution in [1.29, 1.82) is 0 Å². The van der Waals surface area contributed by atoms with Gasteiger partial charge in [0.1, 0.15) is 0 Å². The molecule has 3 fully saturated rings. The number of carboxylic acids is 1. The number of hydrogen-bond donors (Lipinski definition) is 2. The Morgan fingerprint density at radius 1 is 1.17 bits per heavy atom. The molecule has 0 unspecified atom stereocenters.